The fourth-order valence-corrected chi connectivity index (χ4v) is 5.50. The van der Waals surface area contributed by atoms with Crippen LogP contribution in [0.2, 0.25) is 0 Å². The Morgan fingerprint density at radius 2 is 0.978 bits per heavy atom. The van der Waals surface area contributed by atoms with Gasteiger partial charge in [-0.1, -0.05) is 178 Å². The first-order valence-corrected chi connectivity index (χ1v) is 19.7. The van der Waals surface area contributed by atoms with Crippen LogP contribution < -0.4 is 0 Å². The van der Waals surface area contributed by atoms with Gasteiger partial charge >= 0.3 is 5.97 Å². The lowest BCUT2D eigenvalue weighted by Gasteiger charge is -2.16. The molecule has 0 aliphatic heterocycles. The number of carbonyl (C=O) groups excluding carboxylic acids is 1. The molecule has 1 atom stereocenters. The summed E-state index contributed by atoms with van der Waals surface area (Å²) in [4.78, 5) is 12.2. The average molecular weight is 645 g/mol. The van der Waals surface area contributed by atoms with Crippen LogP contribution in [0, 0.1) is 0 Å². The first-order chi connectivity index (χ1) is 22.7. The van der Waals surface area contributed by atoms with E-state index in [9.17, 15) is 9.90 Å². The summed E-state index contributed by atoms with van der Waals surface area (Å²) < 4.78 is 11.1. The second-order valence-corrected chi connectivity index (χ2v) is 13.0. The van der Waals surface area contributed by atoms with Crippen LogP contribution in [0.15, 0.2) is 48.6 Å². The lowest BCUT2D eigenvalue weighted by atomic mass is 10.0. The van der Waals surface area contributed by atoms with Gasteiger partial charge in [0.15, 0.2) is 0 Å². The Hall–Kier alpha value is -1.65. The van der Waals surface area contributed by atoms with E-state index in [0.29, 0.717) is 19.6 Å². The smallest absolute Gasteiger partial charge is 0.306 e. The Morgan fingerprint density at radius 1 is 0.543 bits per heavy atom. The highest BCUT2D eigenvalue weighted by Gasteiger charge is 2.13. The molecule has 1 N–H and O–H groups in total. The molecule has 0 spiro atoms. The number of unbranched alkanes of at least 4 members (excludes halogenated alkanes) is 20. The van der Waals surface area contributed by atoms with Crippen molar-refractivity contribution in [2.24, 2.45) is 0 Å². The minimum atomic E-state index is -0.536. The van der Waals surface area contributed by atoms with Crippen LogP contribution in [0.5, 0.6) is 0 Å². The van der Waals surface area contributed by atoms with Crippen molar-refractivity contribution in [2.45, 2.75) is 193 Å². The van der Waals surface area contributed by atoms with E-state index >= 15 is 0 Å². The van der Waals surface area contributed by atoms with Crippen molar-refractivity contribution in [3.05, 3.63) is 48.6 Å². The molecule has 0 rings (SSSR count). The van der Waals surface area contributed by atoms with E-state index in [1.54, 1.807) is 0 Å². The Morgan fingerprint density at radius 3 is 1.48 bits per heavy atom. The summed E-state index contributed by atoms with van der Waals surface area (Å²) in [7, 11) is 0. The molecule has 268 valence electrons. The number of aliphatic hydroxyl groups is 1. The quantitative estimate of drug-likeness (QED) is 0.0419. The van der Waals surface area contributed by atoms with Gasteiger partial charge in [0.2, 0.25) is 0 Å². The number of ether oxygens (including phenoxy) is 2. The van der Waals surface area contributed by atoms with Crippen molar-refractivity contribution in [1.82, 2.24) is 0 Å². The monoisotopic (exact) mass is 645 g/mol. The zero-order valence-corrected chi connectivity index (χ0v) is 30.6. The van der Waals surface area contributed by atoms with E-state index in [2.05, 4.69) is 62.5 Å². The molecule has 0 radical (unpaired) electrons. The molecule has 0 heterocycles. The molecule has 0 saturated heterocycles. The van der Waals surface area contributed by atoms with Gasteiger partial charge in [0, 0.05) is 13.0 Å². The third-order valence-electron chi connectivity index (χ3n) is 8.42. The highest BCUT2D eigenvalue weighted by atomic mass is 16.6. The predicted octanol–water partition coefficient (Wildman–Crippen LogP) is 12.7. The lowest BCUT2D eigenvalue weighted by Crippen LogP contribution is -2.27. The van der Waals surface area contributed by atoms with Gasteiger partial charge in [0.25, 0.3) is 0 Å². The highest BCUT2D eigenvalue weighted by Crippen LogP contribution is 2.14. The van der Waals surface area contributed by atoms with Gasteiger partial charge in [-0.3, -0.25) is 4.79 Å². The molecular formula is C42H76O4. The summed E-state index contributed by atoms with van der Waals surface area (Å²) in [6.07, 6.45) is 50.1. The fourth-order valence-electron chi connectivity index (χ4n) is 5.50. The highest BCUT2D eigenvalue weighted by molar-refractivity contribution is 5.69. The van der Waals surface area contributed by atoms with Gasteiger partial charge in [-0.2, -0.15) is 0 Å². The van der Waals surface area contributed by atoms with Crippen LogP contribution in [0.1, 0.15) is 187 Å². The number of allylic oxidation sites excluding steroid dienone is 8. The lowest BCUT2D eigenvalue weighted by molar-refractivity contribution is -0.154. The topological polar surface area (TPSA) is 55.8 Å². The third kappa shape index (κ3) is 36.8. The SMILES string of the molecule is CC/C=C\C/C=C\C/C=C\C/C=C\CCCCCCCCCCC(=O)OC(CO)COCCCCCCCCCCCCCCC. The summed E-state index contributed by atoms with van der Waals surface area (Å²) in [5.74, 6) is -0.209. The molecule has 0 bridgehead atoms. The molecule has 1 unspecified atom stereocenters. The van der Waals surface area contributed by atoms with E-state index in [1.165, 1.54) is 122 Å². The molecule has 0 aromatic heterocycles. The Bertz CT molecular complexity index is 723. The van der Waals surface area contributed by atoms with Gasteiger partial charge in [0.1, 0.15) is 6.10 Å². The van der Waals surface area contributed by atoms with E-state index in [0.717, 1.165) is 44.9 Å². The summed E-state index contributed by atoms with van der Waals surface area (Å²) in [6.45, 7) is 5.24. The molecule has 0 aliphatic carbocycles. The zero-order chi connectivity index (χ0) is 33.4. The fraction of sp³-hybridized carbons (Fsp3) is 0.786. The normalized spacial score (nSPS) is 12.8. The molecule has 4 heteroatoms. The van der Waals surface area contributed by atoms with Crippen molar-refractivity contribution in [2.75, 3.05) is 19.8 Å². The number of hydrogen-bond donors (Lipinski definition) is 1. The maximum absolute atomic E-state index is 12.2. The Labute approximate surface area is 286 Å². The van der Waals surface area contributed by atoms with E-state index in [1.807, 2.05) is 0 Å². The van der Waals surface area contributed by atoms with E-state index < -0.39 is 6.10 Å². The second-order valence-electron chi connectivity index (χ2n) is 13.0. The molecule has 0 saturated carbocycles. The standard InChI is InChI=1S/C42H76O4/c1-3-5-7-9-11-13-15-17-18-19-20-21-22-23-24-25-27-29-31-33-35-37-42(44)46-41(39-43)40-45-38-36-34-32-30-28-26-16-14-12-10-8-6-4-2/h5,7,11,13,17-18,20-21,41,43H,3-4,6,8-10,12,14-16,19,22-40H2,1-2H3/b7-5-,13-11-,18-17-,21-20-. The van der Waals surface area contributed by atoms with E-state index in [4.69, 9.17) is 9.47 Å². The predicted molar refractivity (Wildman–Crippen MR) is 200 cm³/mol. The van der Waals surface area contributed by atoms with Gasteiger partial charge in [-0.15, -0.1) is 0 Å². The molecule has 0 aliphatic rings. The summed E-state index contributed by atoms with van der Waals surface area (Å²) in [5.41, 5.74) is 0. The third-order valence-corrected chi connectivity index (χ3v) is 8.42. The summed E-state index contributed by atoms with van der Waals surface area (Å²) in [5, 5.41) is 9.57. The average Bonchev–Trinajstić information content (AvgIpc) is 3.06. The maximum atomic E-state index is 12.2. The maximum Gasteiger partial charge on any atom is 0.306 e. The van der Waals surface area contributed by atoms with Crippen LogP contribution in [-0.4, -0.2) is 37.0 Å². The number of rotatable bonds is 36. The first kappa shape index (κ1) is 44.4. The minimum absolute atomic E-state index is 0.174. The van der Waals surface area contributed by atoms with Crippen LogP contribution in [0.4, 0.5) is 0 Å². The van der Waals surface area contributed by atoms with Gasteiger partial charge in [0.05, 0.1) is 13.2 Å². The van der Waals surface area contributed by atoms with Gasteiger partial charge in [-0.05, 0) is 51.4 Å². The van der Waals surface area contributed by atoms with Crippen molar-refractivity contribution in [3.8, 4) is 0 Å². The second kappa shape index (κ2) is 39.5. The molecule has 4 nitrogen and oxygen atoms in total. The van der Waals surface area contributed by atoms with Crippen LogP contribution in [0.3, 0.4) is 0 Å². The minimum Gasteiger partial charge on any atom is -0.457 e. The molecule has 0 fully saturated rings. The molecular weight excluding hydrogens is 568 g/mol. The van der Waals surface area contributed by atoms with Crippen molar-refractivity contribution >= 4 is 5.97 Å². The number of carbonyl (C=O) groups is 1. The first-order valence-electron chi connectivity index (χ1n) is 19.7. The number of esters is 1. The van der Waals surface area contributed by atoms with Crippen molar-refractivity contribution in [3.63, 3.8) is 0 Å². The van der Waals surface area contributed by atoms with Crippen LogP contribution >= 0.6 is 0 Å². The van der Waals surface area contributed by atoms with Crippen molar-refractivity contribution in [1.29, 1.82) is 0 Å². The van der Waals surface area contributed by atoms with Gasteiger partial charge in [-0.25, -0.2) is 0 Å². The zero-order valence-electron chi connectivity index (χ0n) is 30.6. The number of aliphatic hydroxyl groups excluding tert-OH is 1. The number of hydrogen-bond acceptors (Lipinski definition) is 4. The van der Waals surface area contributed by atoms with Crippen LogP contribution in [-0.2, 0) is 14.3 Å². The molecule has 46 heavy (non-hydrogen) atoms. The largest absolute Gasteiger partial charge is 0.457 e. The van der Waals surface area contributed by atoms with E-state index in [-0.39, 0.29) is 12.6 Å². The Kier molecular flexibility index (Phi) is 38.1. The Balaban J connectivity index is 3.46. The van der Waals surface area contributed by atoms with Crippen LogP contribution in [0.25, 0.3) is 0 Å². The van der Waals surface area contributed by atoms with Gasteiger partial charge < -0.3 is 14.6 Å². The molecule has 0 aromatic carbocycles. The molecule has 0 amide bonds. The van der Waals surface area contributed by atoms with Crippen molar-refractivity contribution < 1.29 is 19.4 Å². The molecule has 0 aromatic rings. The summed E-state index contributed by atoms with van der Waals surface area (Å²) >= 11 is 0. The summed E-state index contributed by atoms with van der Waals surface area (Å²) in [6, 6.07) is 0.